The molecule has 0 radical (unpaired) electrons. The zero-order valence-corrected chi connectivity index (χ0v) is 9.97. The Morgan fingerprint density at radius 2 is 1.89 bits per heavy atom. The van der Waals surface area contributed by atoms with Crippen molar-refractivity contribution >= 4 is 0 Å². The van der Waals surface area contributed by atoms with Gasteiger partial charge in [-0.25, -0.2) is 4.39 Å². The third kappa shape index (κ3) is 4.27. The smallest absolute Gasteiger partial charge is 0.395 e. The van der Waals surface area contributed by atoms with Crippen LogP contribution < -0.4 is 0 Å². The number of alkyl halides is 3. The van der Waals surface area contributed by atoms with Gasteiger partial charge in [-0.05, 0) is 30.3 Å². The topological polar surface area (TPSA) is 23.5 Å². The third-order valence-corrected chi connectivity index (χ3v) is 2.55. The molecule has 0 spiro atoms. The minimum absolute atomic E-state index is 0.0880. The number of aliphatic hydroxyl groups is 1. The molecule has 1 aromatic rings. The van der Waals surface area contributed by atoms with Crippen LogP contribution in [0.4, 0.5) is 17.6 Å². The fourth-order valence-electron chi connectivity index (χ4n) is 1.65. The van der Waals surface area contributed by atoms with Gasteiger partial charge in [0.1, 0.15) is 5.82 Å². The molecule has 0 saturated heterocycles. The van der Waals surface area contributed by atoms with Crippen LogP contribution in [-0.2, 0) is 12.7 Å². The van der Waals surface area contributed by atoms with E-state index < -0.39 is 17.6 Å². The van der Waals surface area contributed by atoms with Crippen LogP contribution >= 0.6 is 0 Å². The maximum absolute atomic E-state index is 13.1. The highest BCUT2D eigenvalue weighted by Gasteiger charge is 2.31. The van der Waals surface area contributed by atoms with Crippen molar-refractivity contribution in [2.45, 2.75) is 19.6 Å². The largest absolute Gasteiger partial charge is 0.416 e. The van der Waals surface area contributed by atoms with Gasteiger partial charge < -0.3 is 5.11 Å². The summed E-state index contributed by atoms with van der Waals surface area (Å²) in [5.41, 5.74) is -0.741. The van der Waals surface area contributed by atoms with Crippen molar-refractivity contribution in [2.24, 2.45) is 0 Å². The third-order valence-electron chi connectivity index (χ3n) is 2.55. The number of nitrogens with zero attached hydrogens (tertiary/aromatic N) is 1. The first-order valence-corrected chi connectivity index (χ1v) is 5.56. The van der Waals surface area contributed by atoms with Crippen molar-refractivity contribution in [3.8, 4) is 0 Å². The predicted molar refractivity (Wildman–Crippen MR) is 59.4 cm³/mol. The van der Waals surface area contributed by atoms with E-state index in [0.717, 1.165) is 12.1 Å². The van der Waals surface area contributed by atoms with Crippen LogP contribution in [0.3, 0.4) is 0 Å². The first-order chi connectivity index (χ1) is 8.36. The highest BCUT2D eigenvalue weighted by Crippen LogP contribution is 2.30. The number of aliphatic hydroxyl groups excluding tert-OH is 1. The summed E-state index contributed by atoms with van der Waals surface area (Å²) in [7, 11) is 0. The number of hydrogen-bond acceptors (Lipinski definition) is 2. The van der Waals surface area contributed by atoms with E-state index in [2.05, 4.69) is 0 Å². The van der Waals surface area contributed by atoms with Crippen molar-refractivity contribution in [1.82, 2.24) is 4.90 Å². The Morgan fingerprint density at radius 3 is 2.39 bits per heavy atom. The summed E-state index contributed by atoms with van der Waals surface area (Å²) >= 11 is 0. The van der Waals surface area contributed by atoms with E-state index in [9.17, 15) is 17.6 Å². The molecule has 0 aromatic heterocycles. The quantitative estimate of drug-likeness (QED) is 0.827. The van der Waals surface area contributed by atoms with E-state index in [1.165, 1.54) is 0 Å². The number of rotatable bonds is 5. The summed E-state index contributed by atoms with van der Waals surface area (Å²) in [6.45, 7) is 2.82. The van der Waals surface area contributed by atoms with Gasteiger partial charge in [0.2, 0.25) is 0 Å². The Kier molecular flexibility index (Phi) is 5.10. The van der Waals surface area contributed by atoms with Crippen LogP contribution in [0.5, 0.6) is 0 Å². The summed E-state index contributed by atoms with van der Waals surface area (Å²) in [5.74, 6) is -0.903. The van der Waals surface area contributed by atoms with Crippen LogP contribution in [0.15, 0.2) is 18.2 Å². The molecule has 1 aromatic carbocycles. The molecule has 0 aliphatic rings. The molecule has 0 atom stereocenters. The summed E-state index contributed by atoms with van der Waals surface area (Å²) in [4.78, 5) is 1.73. The Bertz CT molecular complexity index is 392. The van der Waals surface area contributed by atoms with Crippen molar-refractivity contribution in [1.29, 1.82) is 0 Å². The summed E-state index contributed by atoms with van der Waals surface area (Å²) < 4.78 is 50.6. The van der Waals surface area contributed by atoms with Gasteiger partial charge in [-0.3, -0.25) is 4.90 Å². The molecule has 1 N–H and O–H groups in total. The van der Waals surface area contributed by atoms with Crippen LogP contribution in [0.2, 0.25) is 0 Å². The molecular weight excluding hydrogens is 250 g/mol. The summed E-state index contributed by atoms with van der Waals surface area (Å²) in [6, 6.07) is 2.49. The fourth-order valence-corrected chi connectivity index (χ4v) is 1.65. The average Bonchev–Trinajstić information content (AvgIpc) is 2.26. The first-order valence-electron chi connectivity index (χ1n) is 5.56. The van der Waals surface area contributed by atoms with Gasteiger partial charge in [-0.2, -0.15) is 13.2 Å². The number of hydrogen-bond donors (Lipinski definition) is 1. The van der Waals surface area contributed by atoms with Crippen molar-refractivity contribution in [2.75, 3.05) is 19.7 Å². The predicted octanol–water partition coefficient (Wildman–Crippen LogP) is 2.66. The minimum Gasteiger partial charge on any atom is -0.395 e. The van der Waals surface area contributed by atoms with E-state index in [1.54, 1.807) is 4.90 Å². The van der Waals surface area contributed by atoms with Crippen molar-refractivity contribution < 1.29 is 22.7 Å². The molecule has 0 saturated carbocycles. The molecular formula is C12H15F4NO. The SMILES string of the molecule is CCN(CCO)Cc1cc(F)cc(C(F)(F)F)c1. The minimum atomic E-state index is -4.55. The molecule has 0 amide bonds. The van der Waals surface area contributed by atoms with Gasteiger partial charge in [0.25, 0.3) is 0 Å². The lowest BCUT2D eigenvalue weighted by molar-refractivity contribution is -0.137. The second-order valence-electron chi connectivity index (χ2n) is 3.94. The van der Waals surface area contributed by atoms with Gasteiger partial charge >= 0.3 is 6.18 Å². The summed E-state index contributed by atoms with van der Waals surface area (Å²) in [6.07, 6.45) is -4.55. The lowest BCUT2D eigenvalue weighted by atomic mass is 10.1. The van der Waals surface area contributed by atoms with E-state index in [1.807, 2.05) is 6.92 Å². The van der Waals surface area contributed by atoms with Gasteiger partial charge in [0.05, 0.1) is 12.2 Å². The fraction of sp³-hybridized carbons (Fsp3) is 0.500. The number of likely N-dealkylation sites (N-methyl/N-ethyl adjacent to an activating group) is 1. The first kappa shape index (κ1) is 14.9. The Labute approximate surface area is 103 Å². The highest BCUT2D eigenvalue weighted by atomic mass is 19.4. The second-order valence-corrected chi connectivity index (χ2v) is 3.94. The molecule has 0 aliphatic carbocycles. The molecule has 2 nitrogen and oxygen atoms in total. The van der Waals surface area contributed by atoms with Crippen molar-refractivity contribution in [3.63, 3.8) is 0 Å². The molecule has 0 aliphatic heterocycles. The molecule has 1 rings (SSSR count). The maximum Gasteiger partial charge on any atom is 0.416 e. The molecule has 0 fully saturated rings. The molecule has 6 heteroatoms. The summed E-state index contributed by atoms with van der Waals surface area (Å²) in [5, 5.41) is 8.79. The second kappa shape index (κ2) is 6.15. The van der Waals surface area contributed by atoms with Crippen LogP contribution in [-0.4, -0.2) is 29.7 Å². The zero-order valence-electron chi connectivity index (χ0n) is 9.97. The lowest BCUT2D eigenvalue weighted by Gasteiger charge is -2.19. The Balaban J connectivity index is 2.92. The van der Waals surface area contributed by atoms with Gasteiger partial charge in [0, 0.05) is 13.1 Å². The van der Waals surface area contributed by atoms with Crippen LogP contribution in [0.25, 0.3) is 0 Å². The highest BCUT2D eigenvalue weighted by molar-refractivity contribution is 5.26. The lowest BCUT2D eigenvalue weighted by Crippen LogP contribution is -2.26. The Hall–Kier alpha value is -1.14. The van der Waals surface area contributed by atoms with Gasteiger partial charge in [0.15, 0.2) is 0 Å². The molecule has 0 heterocycles. The molecule has 18 heavy (non-hydrogen) atoms. The van der Waals surface area contributed by atoms with E-state index in [-0.39, 0.29) is 18.7 Å². The maximum atomic E-state index is 13.1. The Morgan fingerprint density at radius 1 is 1.22 bits per heavy atom. The van der Waals surface area contributed by atoms with Crippen LogP contribution in [0, 0.1) is 5.82 Å². The van der Waals surface area contributed by atoms with Crippen molar-refractivity contribution in [3.05, 3.63) is 35.1 Å². The van der Waals surface area contributed by atoms with Crippen LogP contribution in [0.1, 0.15) is 18.1 Å². The van der Waals surface area contributed by atoms with E-state index in [4.69, 9.17) is 5.11 Å². The van der Waals surface area contributed by atoms with E-state index in [0.29, 0.717) is 19.2 Å². The normalized spacial score (nSPS) is 12.2. The van der Waals surface area contributed by atoms with E-state index >= 15 is 0 Å². The van der Waals surface area contributed by atoms with Gasteiger partial charge in [-0.15, -0.1) is 0 Å². The standard InChI is InChI=1S/C12H15F4NO/c1-2-17(3-4-18)8-9-5-10(12(14,15)16)7-11(13)6-9/h5-7,18H,2-4,8H2,1H3. The zero-order chi connectivity index (χ0) is 13.8. The number of benzene rings is 1. The molecule has 102 valence electrons. The molecule has 0 unspecified atom stereocenters. The number of halogens is 4. The van der Waals surface area contributed by atoms with Gasteiger partial charge in [-0.1, -0.05) is 6.92 Å². The molecule has 0 bridgehead atoms. The monoisotopic (exact) mass is 265 g/mol. The average molecular weight is 265 g/mol.